The average molecular weight is 546 g/mol. The first-order valence-electron chi connectivity index (χ1n) is 13.6. The molecular weight excluding hydrogens is 514 g/mol. The van der Waals surface area contributed by atoms with Gasteiger partial charge in [-0.05, 0) is 61.9 Å². The molecule has 1 fully saturated rings. The summed E-state index contributed by atoms with van der Waals surface area (Å²) in [5.74, 6) is -1.78. The van der Waals surface area contributed by atoms with E-state index in [2.05, 4.69) is 12.1 Å². The Labute approximate surface area is 230 Å². The van der Waals surface area contributed by atoms with E-state index in [9.17, 15) is 14.4 Å². The van der Waals surface area contributed by atoms with Crippen LogP contribution in [0.25, 0.3) is 33.1 Å². The minimum atomic E-state index is -1.14. The van der Waals surface area contributed by atoms with Crippen LogP contribution in [0.4, 0.5) is 0 Å². The highest BCUT2D eigenvalue weighted by Crippen LogP contribution is 2.40. The van der Waals surface area contributed by atoms with E-state index < -0.39 is 48.6 Å². The van der Waals surface area contributed by atoms with Crippen molar-refractivity contribution in [3.8, 4) is 0 Å². The Kier molecular flexibility index (Phi) is 6.66. The van der Waals surface area contributed by atoms with Crippen LogP contribution in [-0.2, 0) is 46.2 Å². The summed E-state index contributed by atoms with van der Waals surface area (Å²) in [5.41, 5.74) is 6.18. The van der Waals surface area contributed by atoms with Crippen LogP contribution in [0.2, 0.25) is 0 Å². The molecule has 2 aromatic carbocycles. The summed E-state index contributed by atoms with van der Waals surface area (Å²) in [5, 5.41) is 0.855. The average Bonchev–Trinajstić information content (AvgIpc) is 3.22. The molecule has 1 aliphatic carbocycles. The lowest BCUT2D eigenvalue weighted by molar-refractivity contribution is -0.258. The topological polar surface area (TPSA) is 119 Å². The molecule has 0 radical (unpaired) electrons. The molecule has 6 rings (SSSR count). The second kappa shape index (κ2) is 10.2. The van der Waals surface area contributed by atoms with Crippen molar-refractivity contribution >= 4 is 51.0 Å². The van der Waals surface area contributed by atoms with Gasteiger partial charge in [-0.25, -0.2) is 9.97 Å². The van der Waals surface area contributed by atoms with E-state index in [0.717, 1.165) is 41.2 Å². The molecule has 1 saturated heterocycles. The van der Waals surface area contributed by atoms with Crippen LogP contribution < -0.4 is 0 Å². The number of ether oxygens (including phenoxy) is 4. The number of nitrogens with zero attached hydrogens (tertiary/aromatic N) is 3. The Balaban J connectivity index is 1.58. The fraction of sp³-hybridized carbons (Fsp3) is 0.433. The Morgan fingerprint density at radius 2 is 1.40 bits per heavy atom. The van der Waals surface area contributed by atoms with E-state index in [-0.39, 0.29) is 0 Å². The summed E-state index contributed by atoms with van der Waals surface area (Å²) in [6.07, 6.45) is -0.554. The number of esters is 3. The van der Waals surface area contributed by atoms with E-state index in [1.165, 1.54) is 38.3 Å². The molecule has 0 saturated carbocycles. The van der Waals surface area contributed by atoms with Gasteiger partial charge < -0.3 is 18.9 Å². The third-order valence-corrected chi connectivity index (χ3v) is 7.66. The minimum absolute atomic E-state index is 0.548. The first kappa shape index (κ1) is 26.2. The number of hydrogen-bond donors (Lipinski definition) is 0. The van der Waals surface area contributed by atoms with Gasteiger partial charge >= 0.3 is 17.9 Å². The zero-order valence-corrected chi connectivity index (χ0v) is 22.9. The molecule has 0 N–H and O–H groups in total. The van der Waals surface area contributed by atoms with Crippen molar-refractivity contribution in [1.82, 2.24) is 14.5 Å². The highest BCUT2D eigenvalue weighted by Gasteiger charge is 2.51. The van der Waals surface area contributed by atoms with Crippen molar-refractivity contribution < 1.29 is 33.3 Å². The zero-order valence-electron chi connectivity index (χ0n) is 22.9. The SMILES string of the molecule is CC(=O)O[C@@H]1[C@@H](OC(C)=O)[C@H](C)O[C@H](n2c3ccccc3c3nc4cc5c(cc4nc32)CCCC5)[C@@H]1OC(C)=O. The molecule has 10 nitrogen and oxygen atoms in total. The summed E-state index contributed by atoms with van der Waals surface area (Å²) in [6.45, 7) is 5.51. The molecule has 208 valence electrons. The summed E-state index contributed by atoms with van der Waals surface area (Å²) < 4.78 is 25.2. The Hall–Kier alpha value is -4.05. The van der Waals surface area contributed by atoms with E-state index in [1.54, 1.807) is 6.92 Å². The molecule has 2 aliphatic rings. The lowest BCUT2D eigenvalue weighted by atomic mass is 9.91. The maximum atomic E-state index is 12.3. The Bertz CT molecular complexity index is 1660. The minimum Gasteiger partial charge on any atom is -0.456 e. The monoisotopic (exact) mass is 545 g/mol. The van der Waals surface area contributed by atoms with Crippen LogP contribution >= 0.6 is 0 Å². The van der Waals surface area contributed by atoms with Gasteiger partial charge in [0.1, 0.15) is 5.52 Å². The van der Waals surface area contributed by atoms with Crippen molar-refractivity contribution in [2.24, 2.45) is 0 Å². The number of benzene rings is 2. The molecule has 0 bridgehead atoms. The first-order valence-corrected chi connectivity index (χ1v) is 13.6. The maximum Gasteiger partial charge on any atom is 0.303 e. The van der Waals surface area contributed by atoms with Crippen LogP contribution in [0.15, 0.2) is 36.4 Å². The van der Waals surface area contributed by atoms with Crippen molar-refractivity contribution in [1.29, 1.82) is 0 Å². The number of hydrogen-bond acceptors (Lipinski definition) is 9. The molecule has 0 amide bonds. The molecule has 1 aliphatic heterocycles. The van der Waals surface area contributed by atoms with E-state index in [4.69, 9.17) is 28.9 Å². The van der Waals surface area contributed by atoms with Gasteiger partial charge in [-0.3, -0.25) is 19.0 Å². The maximum absolute atomic E-state index is 12.3. The number of aryl methyl sites for hydroxylation is 2. The van der Waals surface area contributed by atoms with Crippen molar-refractivity contribution in [2.75, 3.05) is 0 Å². The van der Waals surface area contributed by atoms with Crippen LogP contribution in [0, 0.1) is 0 Å². The second-order valence-electron chi connectivity index (χ2n) is 10.6. The van der Waals surface area contributed by atoms with Gasteiger partial charge in [0.15, 0.2) is 30.2 Å². The fourth-order valence-corrected chi connectivity index (χ4v) is 6.08. The third kappa shape index (κ3) is 4.56. The highest BCUT2D eigenvalue weighted by molar-refractivity contribution is 6.06. The molecule has 0 unspecified atom stereocenters. The molecular formula is C30H31N3O7. The van der Waals surface area contributed by atoms with Crippen molar-refractivity contribution in [2.45, 2.75) is 84.0 Å². The molecule has 10 heteroatoms. The normalized spacial score (nSPS) is 24.6. The Morgan fingerprint density at radius 1 is 0.825 bits per heavy atom. The van der Waals surface area contributed by atoms with Crippen LogP contribution in [-0.4, -0.2) is 56.9 Å². The third-order valence-electron chi connectivity index (χ3n) is 7.66. The molecule has 5 atom stereocenters. The summed E-state index contributed by atoms with van der Waals surface area (Å²) >= 11 is 0. The molecule has 40 heavy (non-hydrogen) atoms. The number of fused-ring (bicyclic) bond motifs is 5. The number of carbonyl (C=O) groups is 3. The van der Waals surface area contributed by atoms with Crippen LogP contribution in [0.1, 0.15) is 57.9 Å². The molecule has 4 aromatic rings. The quantitative estimate of drug-likeness (QED) is 0.273. The van der Waals surface area contributed by atoms with Gasteiger partial charge in [0.25, 0.3) is 0 Å². The highest BCUT2D eigenvalue weighted by atomic mass is 16.7. The summed E-state index contributed by atoms with van der Waals surface area (Å²) in [7, 11) is 0. The number of carbonyl (C=O) groups excluding carboxylic acids is 3. The van der Waals surface area contributed by atoms with Gasteiger partial charge in [0, 0.05) is 26.2 Å². The number of aromatic nitrogens is 3. The van der Waals surface area contributed by atoms with E-state index in [1.807, 2.05) is 28.8 Å². The number of rotatable bonds is 4. The van der Waals surface area contributed by atoms with Crippen molar-refractivity contribution in [3.63, 3.8) is 0 Å². The zero-order chi connectivity index (χ0) is 28.1. The van der Waals surface area contributed by atoms with Gasteiger partial charge in [-0.2, -0.15) is 0 Å². The summed E-state index contributed by atoms with van der Waals surface area (Å²) in [4.78, 5) is 46.6. The predicted molar refractivity (Wildman–Crippen MR) is 145 cm³/mol. The van der Waals surface area contributed by atoms with E-state index in [0.29, 0.717) is 11.2 Å². The molecule has 3 heterocycles. The van der Waals surface area contributed by atoms with Gasteiger partial charge in [-0.1, -0.05) is 18.2 Å². The number of para-hydroxylation sites is 1. The lowest BCUT2D eigenvalue weighted by Crippen LogP contribution is -2.58. The van der Waals surface area contributed by atoms with Gasteiger partial charge in [0.05, 0.1) is 22.7 Å². The fourth-order valence-electron chi connectivity index (χ4n) is 6.08. The van der Waals surface area contributed by atoms with Crippen LogP contribution in [0.3, 0.4) is 0 Å². The lowest BCUT2D eigenvalue weighted by Gasteiger charge is -2.44. The molecule has 0 spiro atoms. The molecule has 2 aromatic heterocycles. The predicted octanol–water partition coefficient (Wildman–Crippen LogP) is 4.33. The van der Waals surface area contributed by atoms with Crippen molar-refractivity contribution in [3.05, 3.63) is 47.5 Å². The second-order valence-corrected chi connectivity index (χ2v) is 10.6. The van der Waals surface area contributed by atoms with Gasteiger partial charge in [0.2, 0.25) is 0 Å². The van der Waals surface area contributed by atoms with Gasteiger partial charge in [-0.15, -0.1) is 0 Å². The summed E-state index contributed by atoms with van der Waals surface area (Å²) in [6, 6.07) is 12.0. The first-order chi connectivity index (χ1) is 19.2. The van der Waals surface area contributed by atoms with Crippen LogP contribution in [0.5, 0.6) is 0 Å². The smallest absolute Gasteiger partial charge is 0.303 e. The standard InChI is InChI=1S/C30H31N3O7/c1-15-26(38-16(2)34)27(39-17(3)35)28(40-18(4)36)30(37-15)33-24-12-8-7-11-21(24)25-29(33)32-23-14-20-10-6-5-9-19(20)13-22(23)31-25/h7-8,11-15,26-28,30H,5-6,9-10H2,1-4H3/t15-,26-,27+,28+,30-/m0/s1. The largest absolute Gasteiger partial charge is 0.456 e. The Morgan fingerprint density at radius 3 is 2.05 bits per heavy atom. The van der Waals surface area contributed by atoms with E-state index >= 15 is 0 Å².